The Morgan fingerprint density at radius 1 is 0.487 bits per heavy atom. The molecule has 13 amide bonds. The molecule has 3 aromatic heterocycles. The average molecular weight is 1630 g/mol. The first-order valence-electron chi connectivity index (χ1n) is 39.4. The van der Waals surface area contributed by atoms with Crippen LogP contribution in [0.2, 0.25) is 5.02 Å². The number of hydrogen-bond acceptors (Lipinski definition) is 19. The number of unbranched alkanes of at least 4 members (excludes halogenated alkanes) is 3. The number of nitrogens with one attached hydrogen (secondary N) is 14. The summed E-state index contributed by atoms with van der Waals surface area (Å²) in [5.74, 6) is -10.4. The molecule has 4 heterocycles. The molecule has 0 aliphatic carbocycles. The molecule has 1 saturated heterocycles. The van der Waals surface area contributed by atoms with Crippen molar-refractivity contribution in [2.75, 3.05) is 39.3 Å². The lowest BCUT2D eigenvalue weighted by atomic mass is 9.99. The highest BCUT2D eigenvalue weighted by Crippen LogP contribution is 2.22. The number of benzene rings is 3. The number of guanidine groups is 1. The second-order valence-corrected chi connectivity index (χ2v) is 29.4. The van der Waals surface area contributed by atoms with E-state index in [1.54, 1.807) is 60.7 Å². The van der Waals surface area contributed by atoms with Gasteiger partial charge in [0.1, 0.15) is 71.8 Å². The van der Waals surface area contributed by atoms with Crippen LogP contribution < -0.4 is 80.6 Å². The van der Waals surface area contributed by atoms with Crippen LogP contribution in [0.4, 0.5) is 0 Å². The maximum Gasteiger partial charge on any atom is 0.269 e. The van der Waals surface area contributed by atoms with E-state index in [4.69, 9.17) is 28.5 Å². The van der Waals surface area contributed by atoms with Gasteiger partial charge >= 0.3 is 0 Å². The van der Waals surface area contributed by atoms with Crippen molar-refractivity contribution in [3.05, 3.63) is 173 Å². The van der Waals surface area contributed by atoms with E-state index in [9.17, 15) is 57.8 Å². The molecule has 0 saturated carbocycles. The van der Waals surface area contributed by atoms with Crippen LogP contribution in [0.5, 0.6) is 0 Å². The first kappa shape index (κ1) is 92.1. The topological polar surface area (TPSA) is 516 Å². The van der Waals surface area contributed by atoms with Gasteiger partial charge in [-0.2, -0.15) is 0 Å². The van der Waals surface area contributed by atoms with Crippen molar-refractivity contribution in [1.29, 1.82) is 5.41 Å². The van der Waals surface area contributed by atoms with E-state index in [2.05, 4.69) is 84.1 Å². The summed E-state index contributed by atoms with van der Waals surface area (Å²) < 4.78 is 0. The largest absolute Gasteiger partial charge is 0.394 e. The van der Waals surface area contributed by atoms with E-state index < -0.39 is 144 Å². The van der Waals surface area contributed by atoms with Crippen LogP contribution in [-0.4, -0.2) is 214 Å². The van der Waals surface area contributed by atoms with Gasteiger partial charge in [0.05, 0.1) is 6.61 Å². The van der Waals surface area contributed by atoms with Crippen LogP contribution in [-0.2, 0) is 72.0 Å². The smallest absolute Gasteiger partial charge is 0.269 e. The minimum atomic E-state index is -1.86. The third kappa shape index (κ3) is 31.6. The van der Waals surface area contributed by atoms with E-state index in [0.717, 1.165) is 10.8 Å². The van der Waals surface area contributed by atoms with Crippen molar-refractivity contribution in [2.24, 2.45) is 11.5 Å². The number of likely N-dealkylation sites (tertiary alicyclic amines) is 1. The van der Waals surface area contributed by atoms with E-state index in [1.807, 2.05) is 56.3 Å². The van der Waals surface area contributed by atoms with Crippen molar-refractivity contribution < 1.29 is 67.4 Å². The molecule has 6 aromatic rings. The fourth-order valence-corrected chi connectivity index (χ4v) is 13.2. The molecular formula is C82H109ClN20O14. The number of hydrogen-bond donors (Lipinski definition) is 17. The summed E-state index contributed by atoms with van der Waals surface area (Å²) in [7, 11) is 0. The fourth-order valence-electron chi connectivity index (χ4n) is 13.1. The van der Waals surface area contributed by atoms with Crippen LogP contribution >= 0.6 is 11.6 Å². The molecule has 19 N–H and O–H groups in total. The standard InChI is InChI=1S/C82H109ClN20O14/c1-50(2)88-37-12-11-27-64(81(117)103-43-19-29-69(103)80(116)94-51(3)70(84)106)99-75(111)63(28-18-42-93-82(85)86)97-73(109)61(25-9-15-40-91-71(107)59-23-7-13-38-89-59)96-74(110)62(26-10-16-41-92-72(108)60-24-8-14-39-90-60)98-79(115)68(49-104)102-78(114)67(47-55-20-17-36-87-48-55)101-77(113)66(45-53-31-34-58(83)35-32-53)100-76(112)65(95-52(4)105)46-54-30-33-56-21-5-6-22-57(56)44-54/h5-8,13-14,17,20-24,30-36,38-39,44,48,50-51,61-69,88,104H,9-12,15-16,18-19,25-29,37,40-43,45-47,49H2,1-4H3,(H2,84,106)(H,91,107)(H,92,108)(H,94,116)(H,95,105)(H,96,110)(H,97,109)(H,98,115)(H,99,111)(H,100,112)(H,101,113)(H,102,114)(H4,85,86,93)/t51-,61-,62+,63+,64+,65-,66-,67-,68+,69+/m1/s1. The normalized spacial score (nSPS) is 14.7. The molecule has 35 heteroatoms. The van der Waals surface area contributed by atoms with Gasteiger partial charge < -0.3 is 90.6 Å². The Kier molecular flexibility index (Phi) is 38.1. The molecule has 1 fully saturated rings. The van der Waals surface area contributed by atoms with E-state index in [-0.39, 0.29) is 133 Å². The number of primary amides is 1. The molecule has 34 nitrogen and oxygen atoms in total. The van der Waals surface area contributed by atoms with Gasteiger partial charge in [-0.1, -0.05) is 98.2 Å². The molecule has 628 valence electrons. The number of aromatic nitrogens is 3. The molecular weight excluding hydrogens is 1520 g/mol. The van der Waals surface area contributed by atoms with Gasteiger partial charge in [0.15, 0.2) is 5.96 Å². The Bertz CT molecular complexity index is 4330. The number of amides is 13. The van der Waals surface area contributed by atoms with Crippen molar-refractivity contribution >= 4 is 105 Å². The zero-order valence-corrected chi connectivity index (χ0v) is 67.0. The Morgan fingerprint density at radius 2 is 0.949 bits per heavy atom. The predicted octanol–water partition coefficient (Wildman–Crippen LogP) is 1.21. The number of pyridine rings is 3. The van der Waals surface area contributed by atoms with E-state index >= 15 is 9.59 Å². The molecule has 0 spiro atoms. The summed E-state index contributed by atoms with van der Waals surface area (Å²) in [6.07, 6.45) is 7.41. The maximum absolute atomic E-state index is 15.2. The van der Waals surface area contributed by atoms with Crippen LogP contribution in [0.15, 0.2) is 140 Å². The highest BCUT2D eigenvalue weighted by Gasteiger charge is 2.40. The van der Waals surface area contributed by atoms with Crippen molar-refractivity contribution in [3.63, 3.8) is 0 Å². The number of nitrogens with zero attached hydrogens (tertiary/aromatic N) is 4. The fraction of sp³-hybridized carbons (Fsp3) is 0.451. The highest BCUT2D eigenvalue weighted by atomic mass is 35.5. The van der Waals surface area contributed by atoms with E-state index in [1.165, 1.54) is 55.7 Å². The molecule has 0 bridgehead atoms. The van der Waals surface area contributed by atoms with E-state index in [0.29, 0.717) is 47.5 Å². The number of fused-ring (bicyclic) bond motifs is 1. The molecule has 10 atom stereocenters. The second-order valence-electron chi connectivity index (χ2n) is 29.0. The second kappa shape index (κ2) is 48.4. The van der Waals surface area contributed by atoms with Crippen molar-refractivity contribution in [1.82, 2.24) is 89.0 Å². The van der Waals surface area contributed by atoms with Crippen molar-refractivity contribution in [2.45, 2.75) is 197 Å². The predicted molar refractivity (Wildman–Crippen MR) is 437 cm³/mol. The van der Waals surface area contributed by atoms with Crippen LogP contribution in [0, 0.1) is 5.41 Å². The van der Waals surface area contributed by atoms with Gasteiger partial charge in [0, 0.05) is 88.2 Å². The SMILES string of the molecule is CC(=O)N[C@H](Cc1ccc2ccccc2c1)C(=O)N[C@H](Cc1ccc(Cl)cc1)C(=O)N[C@H](Cc1cccnc1)C(=O)N[C@@H](CO)C(=O)N[C@@H](CCCCNC(=O)c1ccccn1)C(=O)N[C@H](CCCCNC(=O)c1ccccn1)C(=O)N[C@@H](CCCNC(=N)N)C(=O)N[C@@H](CCCCNC(C)C)C(=O)N1CCC[C@H]1C(=O)N[C@H](C)C(N)=O. The molecule has 1 aliphatic heterocycles. The first-order chi connectivity index (χ1) is 56.2. The molecule has 117 heavy (non-hydrogen) atoms. The number of carbonyl (C=O) groups is 13. The summed E-state index contributed by atoms with van der Waals surface area (Å²) in [6, 6.07) is 18.6. The Morgan fingerprint density at radius 3 is 1.46 bits per heavy atom. The molecule has 1 aliphatic rings. The molecule has 7 rings (SSSR count). The number of aliphatic hydroxyl groups excluding tert-OH is 1. The summed E-state index contributed by atoms with van der Waals surface area (Å²) >= 11 is 6.27. The van der Waals surface area contributed by atoms with Crippen LogP contribution in [0.3, 0.4) is 0 Å². The first-order valence-corrected chi connectivity index (χ1v) is 39.8. The zero-order valence-electron chi connectivity index (χ0n) is 66.3. The number of carbonyl (C=O) groups excluding carboxylic acids is 13. The molecule has 0 unspecified atom stereocenters. The Labute approximate surface area is 684 Å². The highest BCUT2D eigenvalue weighted by molar-refractivity contribution is 6.30. The lowest BCUT2D eigenvalue weighted by molar-refractivity contribution is -0.142. The Balaban J connectivity index is 1.17. The third-order valence-electron chi connectivity index (χ3n) is 19.3. The van der Waals surface area contributed by atoms with Crippen LogP contribution in [0.25, 0.3) is 10.8 Å². The molecule has 3 aromatic carbocycles. The average Bonchev–Trinajstić information content (AvgIpc) is 0.967. The summed E-state index contributed by atoms with van der Waals surface area (Å²) in [4.78, 5) is 198. The van der Waals surface area contributed by atoms with Crippen LogP contribution in [0.1, 0.15) is 149 Å². The lowest BCUT2D eigenvalue weighted by Crippen LogP contribution is -2.61. The monoisotopic (exact) mass is 1630 g/mol. The minimum absolute atomic E-state index is 0.0180. The third-order valence-corrected chi connectivity index (χ3v) is 19.6. The minimum Gasteiger partial charge on any atom is -0.394 e. The Hall–Kier alpha value is -12.0. The van der Waals surface area contributed by atoms with Gasteiger partial charge in [-0.3, -0.25) is 82.7 Å². The lowest BCUT2D eigenvalue weighted by Gasteiger charge is -2.31. The van der Waals surface area contributed by atoms with Gasteiger partial charge in [-0.25, -0.2) is 0 Å². The van der Waals surface area contributed by atoms with Gasteiger partial charge in [0.25, 0.3) is 11.8 Å². The summed E-state index contributed by atoms with van der Waals surface area (Å²) in [5, 5.41) is 57.0. The number of halogens is 1. The maximum atomic E-state index is 15.2. The number of rotatable bonds is 48. The summed E-state index contributed by atoms with van der Waals surface area (Å²) in [5.41, 5.74) is 13.0. The van der Waals surface area contributed by atoms with Crippen molar-refractivity contribution in [3.8, 4) is 0 Å². The van der Waals surface area contributed by atoms with Gasteiger partial charge in [-0.15, -0.1) is 0 Å². The molecule has 0 radical (unpaired) electrons. The van der Waals surface area contributed by atoms with Gasteiger partial charge in [-0.05, 0) is 167 Å². The quantitative estimate of drug-likeness (QED) is 0.0145. The summed E-state index contributed by atoms with van der Waals surface area (Å²) in [6.45, 7) is 6.40. The zero-order chi connectivity index (χ0) is 84.8. The van der Waals surface area contributed by atoms with Gasteiger partial charge in [0.2, 0.25) is 65.0 Å². The number of nitrogens with two attached hydrogens (primary N) is 2. The number of aliphatic hydroxyl groups is 1.